The SMILES string of the molecule is Oc1c(O)c(O)c2c(c1O)c1c(O)c(O)c(O)c(O)c1n2-c1cccc(-c2cccc(-n3c4c(O)c(O)c(O)c(O)c4c4c(O)c(O)c(O)c(O)c43)c2)c1.S. The molecule has 0 saturated carbocycles. The number of nitrogens with zero attached hydrogens (tertiary/aromatic N) is 2. The molecule has 0 aliphatic rings. The van der Waals surface area contributed by atoms with E-state index in [4.69, 9.17) is 0 Å². The zero-order valence-electron chi connectivity index (χ0n) is 27.2. The van der Waals surface area contributed by atoms with Crippen LogP contribution in [0.25, 0.3) is 66.1 Å². The molecule has 2 heterocycles. The maximum atomic E-state index is 11.0. The first kappa shape index (κ1) is 35.5. The third-order valence-corrected chi connectivity index (χ3v) is 9.42. The highest BCUT2D eigenvalue weighted by atomic mass is 32.1. The van der Waals surface area contributed by atoms with E-state index in [0.29, 0.717) is 11.1 Å². The summed E-state index contributed by atoms with van der Waals surface area (Å²) in [4.78, 5) is 0. The Bertz CT molecular complexity index is 2670. The first-order chi connectivity index (χ1) is 25.5. The van der Waals surface area contributed by atoms with Crippen LogP contribution in [0.1, 0.15) is 0 Å². The molecule has 0 atom stereocenters. The lowest BCUT2D eigenvalue weighted by Crippen LogP contribution is -1.97. The first-order valence-electron chi connectivity index (χ1n) is 15.3. The van der Waals surface area contributed by atoms with E-state index in [0.717, 1.165) is 9.13 Å². The molecule has 0 fully saturated rings. The van der Waals surface area contributed by atoms with Gasteiger partial charge in [0.25, 0.3) is 0 Å². The van der Waals surface area contributed by atoms with E-state index in [1.165, 1.54) is 36.4 Å². The van der Waals surface area contributed by atoms with Crippen LogP contribution >= 0.6 is 13.5 Å². The quantitative estimate of drug-likeness (QED) is 0.0833. The standard InChI is InChI=1S/C36H24N2O16.H2S/c39-21-13-14-18(26(44)34(52)30(48)22(14)40)37(17(13)25(43)33(51)29(21)47)11-5-1-3-9(7-11)10-4-2-6-12(8-10)38-19-15(23(41)31(49)35(53)27(19)45)16-20(38)28(46)36(54)32(50)24(16)42;/h1-8,39-54H;1H2. The van der Waals surface area contributed by atoms with Gasteiger partial charge in [0, 0.05) is 11.4 Å². The van der Waals surface area contributed by atoms with Crippen LogP contribution in [-0.2, 0) is 0 Å². The third-order valence-electron chi connectivity index (χ3n) is 9.42. The van der Waals surface area contributed by atoms with E-state index >= 15 is 0 Å². The molecule has 0 unspecified atom stereocenters. The number of hydrogen-bond donors (Lipinski definition) is 16. The first-order valence-corrected chi connectivity index (χ1v) is 15.3. The lowest BCUT2D eigenvalue weighted by molar-refractivity contribution is 0.350. The van der Waals surface area contributed by atoms with Crippen molar-refractivity contribution < 1.29 is 81.7 Å². The fourth-order valence-corrected chi connectivity index (χ4v) is 6.95. The minimum Gasteiger partial charge on any atom is -0.504 e. The number of aromatic hydroxyl groups is 16. The third kappa shape index (κ3) is 4.31. The molecule has 0 spiro atoms. The average Bonchev–Trinajstić information content (AvgIpc) is 3.73. The van der Waals surface area contributed by atoms with Crippen molar-refractivity contribution in [2.24, 2.45) is 0 Å². The summed E-state index contributed by atoms with van der Waals surface area (Å²) < 4.78 is 2.00. The fraction of sp³-hybridized carbons (Fsp3) is 0. The molecule has 18 nitrogen and oxygen atoms in total. The van der Waals surface area contributed by atoms with Crippen LogP contribution in [0, 0.1) is 0 Å². The molecule has 0 bridgehead atoms. The van der Waals surface area contributed by atoms with E-state index in [1.54, 1.807) is 12.1 Å². The largest absolute Gasteiger partial charge is 0.504 e. The van der Waals surface area contributed by atoms with Gasteiger partial charge in [0.05, 0.1) is 21.5 Å². The normalized spacial score (nSPS) is 11.6. The Balaban J connectivity index is 0.00000465. The Hall–Kier alpha value is -7.93. The molecule has 2 aromatic heterocycles. The Morgan fingerprint density at radius 2 is 0.491 bits per heavy atom. The van der Waals surface area contributed by atoms with E-state index in [-0.39, 0.29) is 24.9 Å². The lowest BCUT2D eigenvalue weighted by Gasteiger charge is -2.15. The van der Waals surface area contributed by atoms with Gasteiger partial charge in [-0.15, -0.1) is 0 Å². The molecule has 0 aliphatic carbocycles. The van der Waals surface area contributed by atoms with Crippen LogP contribution in [0.2, 0.25) is 0 Å². The highest BCUT2D eigenvalue weighted by Gasteiger charge is 2.34. The second-order valence-corrected chi connectivity index (χ2v) is 12.2. The van der Waals surface area contributed by atoms with E-state index in [1.807, 2.05) is 0 Å². The van der Waals surface area contributed by atoms with Crippen molar-refractivity contribution in [2.75, 3.05) is 0 Å². The summed E-state index contributed by atoms with van der Waals surface area (Å²) in [6, 6.07) is 11.7. The van der Waals surface area contributed by atoms with Gasteiger partial charge in [0.15, 0.2) is 46.0 Å². The van der Waals surface area contributed by atoms with Crippen molar-refractivity contribution in [3.8, 4) is 114 Å². The van der Waals surface area contributed by atoms with Crippen molar-refractivity contribution in [3.05, 3.63) is 48.5 Å². The molecule has 0 aliphatic heterocycles. The Morgan fingerprint density at radius 3 is 0.727 bits per heavy atom. The van der Waals surface area contributed by atoms with Crippen molar-refractivity contribution in [2.45, 2.75) is 0 Å². The van der Waals surface area contributed by atoms with Crippen LogP contribution in [0.15, 0.2) is 48.5 Å². The number of phenols is 16. The molecule has 8 aromatic rings. The van der Waals surface area contributed by atoms with Crippen molar-refractivity contribution in [1.82, 2.24) is 9.13 Å². The van der Waals surface area contributed by atoms with E-state index in [2.05, 4.69) is 0 Å². The lowest BCUT2D eigenvalue weighted by atomic mass is 10.0. The zero-order chi connectivity index (χ0) is 39.0. The van der Waals surface area contributed by atoms with Crippen LogP contribution in [0.5, 0.6) is 92.0 Å². The summed E-state index contributed by atoms with van der Waals surface area (Å²) in [5, 5.41) is 168. The second-order valence-electron chi connectivity index (χ2n) is 12.2. The van der Waals surface area contributed by atoms with Gasteiger partial charge in [-0.1, -0.05) is 24.3 Å². The Kier molecular flexibility index (Phi) is 7.44. The number of fused-ring (bicyclic) bond motifs is 6. The van der Waals surface area contributed by atoms with Crippen LogP contribution in [-0.4, -0.2) is 90.8 Å². The molecule has 282 valence electrons. The van der Waals surface area contributed by atoms with Crippen LogP contribution < -0.4 is 0 Å². The second kappa shape index (κ2) is 11.5. The van der Waals surface area contributed by atoms with E-state index < -0.39 is 136 Å². The van der Waals surface area contributed by atoms with Gasteiger partial charge in [-0.2, -0.15) is 13.5 Å². The average molecular weight is 775 g/mol. The number of rotatable bonds is 3. The maximum Gasteiger partial charge on any atom is 0.206 e. The highest BCUT2D eigenvalue weighted by Crippen LogP contribution is 2.60. The monoisotopic (exact) mass is 774 g/mol. The molecule has 0 saturated heterocycles. The summed E-state index contributed by atoms with van der Waals surface area (Å²) in [7, 11) is 0. The van der Waals surface area contributed by atoms with Gasteiger partial charge >= 0.3 is 0 Å². The summed E-state index contributed by atoms with van der Waals surface area (Å²) in [6.45, 7) is 0. The maximum absolute atomic E-state index is 11.0. The minimum absolute atomic E-state index is 0. The fourth-order valence-electron chi connectivity index (χ4n) is 6.95. The van der Waals surface area contributed by atoms with Gasteiger partial charge < -0.3 is 90.8 Å². The predicted octanol–water partition coefficient (Wildman–Crippen LogP) is 4.95. The van der Waals surface area contributed by atoms with Crippen molar-refractivity contribution in [3.63, 3.8) is 0 Å². The van der Waals surface area contributed by atoms with Gasteiger partial charge in [0.1, 0.15) is 22.1 Å². The molecule has 16 N–H and O–H groups in total. The summed E-state index contributed by atoms with van der Waals surface area (Å²) >= 11 is 0. The molecule has 55 heavy (non-hydrogen) atoms. The van der Waals surface area contributed by atoms with Crippen molar-refractivity contribution in [1.29, 1.82) is 0 Å². The summed E-state index contributed by atoms with van der Waals surface area (Å²) in [5.74, 6) is -18.0. The Morgan fingerprint density at radius 1 is 0.273 bits per heavy atom. The summed E-state index contributed by atoms with van der Waals surface area (Å²) in [6.07, 6.45) is 0. The van der Waals surface area contributed by atoms with Crippen LogP contribution in [0.4, 0.5) is 0 Å². The molecular formula is C36H26N2O16S. The van der Waals surface area contributed by atoms with Crippen LogP contribution in [0.3, 0.4) is 0 Å². The molecular weight excluding hydrogens is 748 g/mol. The zero-order valence-corrected chi connectivity index (χ0v) is 28.2. The number of benzene rings is 6. The van der Waals surface area contributed by atoms with Gasteiger partial charge in [-0.3, -0.25) is 0 Å². The molecule has 19 heteroatoms. The summed E-state index contributed by atoms with van der Waals surface area (Å²) in [5.41, 5.74) is -1.35. The number of aromatic nitrogens is 2. The number of phenolic OH excluding ortho intramolecular Hbond substituents is 16. The molecule has 8 rings (SSSR count). The minimum atomic E-state index is -1.20. The van der Waals surface area contributed by atoms with Gasteiger partial charge in [-0.25, -0.2) is 0 Å². The predicted molar refractivity (Wildman–Crippen MR) is 198 cm³/mol. The van der Waals surface area contributed by atoms with Gasteiger partial charge in [0.2, 0.25) is 46.0 Å². The molecule has 0 amide bonds. The van der Waals surface area contributed by atoms with Gasteiger partial charge in [-0.05, 0) is 35.4 Å². The molecule has 0 radical (unpaired) electrons. The number of hydrogen-bond acceptors (Lipinski definition) is 16. The van der Waals surface area contributed by atoms with Crippen molar-refractivity contribution >= 4 is 57.1 Å². The molecule has 6 aromatic carbocycles. The van der Waals surface area contributed by atoms with E-state index in [9.17, 15) is 81.7 Å². The highest BCUT2D eigenvalue weighted by molar-refractivity contribution is 7.59. The smallest absolute Gasteiger partial charge is 0.206 e. The topological polar surface area (TPSA) is 334 Å². The Labute approximate surface area is 310 Å².